The van der Waals surface area contributed by atoms with Crippen LogP contribution < -0.4 is 10.1 Å². The Morgan fingerprint density at radius 3 is 2.75 bits per heavy atom. The summed E-state index contributed by atoms with van der Waals surface area (Å²) in [5.74, 6) is 1.60. The largest absolute Gasteiger partial charge is 0.492 e. The van der Waals surface area contributed by atoms with Gasteiger partial charge in [0, 0.05) is 18.3 Å². The number of nitrogens with one attached hydrogen (secondary N) is 1. The van der Waals surface area contributed by atoms with Crippen molar-refractivity contribution in [2.24, 2.45) is 5.92 Å². The Kier molecular flexibility index (Phi) is 9.05. The third kappa shape index (κ3) is 7.49. The van der Waals surface area contributed by atoms with E-state index in [2.05, 4.69) is 31.1 Å². The molecule has 1 rings (SSSR count). The fourth-order valence-electron chi connectivity index (χ4n) is 2.07. The number of unbranched alkanes of at least 4 members (excludes halogenated alkanes) is 4. The zero-order chi connectivity index (χ0) is 14.6. The molecular weight excluding hydrogens is 248 g/mol. The molecule has 0 saturated carbocycles. The van der Waals surface area contributed by atoms with Gasteiger partial charge in [0.15, 0.2) is 0 Å². The molecule has 0 aliphatic rings. The third-order valence-corrected chi connectivity index (χ3v) is 3.24. The Morgan fingerprint density at radius 2 is 2.00 bits per heavy atom. The monoisotopic (exact) mass is 278 g/mol. The van der Waals surface area contributed by atoms with Gasteiger partial charge in [-0.15, -0.1) is 0 Å². The van der Waals surface area contributed by atoms with Crippen LogP contribution in [0.15, 0.2) is 18.5 Å². The lowest BCUT2D eigenvalue weighted by Gasteiger charge is -2.12. The van der Waals surface area contributed by atoms with E-state index in [1.807, 2.05) is 18.5 Å². The van der Waals surface area contributed by atoms with Gasteiger partial charge in [-0.05, 0) is 24.9 Å². The fourth-order valence-corrected chi connectivity index (χ4v) is 2.07. The van der Waals surface area contributed by atoms with Gasteiger partial charge in [-0.3, -0.25) is 4.98 Å². The second-order valence-electron chi connectivity index (χ2n) is 5.77. The molecule has 1 aromatic heterocycles. The molecule has 0 amide bonds. The van der Waals surface area contributed by atoms with Gasteiger partial charge in [-0.1, -0.05) is 46.5 Å². The molecule has 114 valence electrons. The molecule has 0 aliphatic carbocycles. The van der Waals surface area contributed by atoms with Crippen molar-refractivity contribution in [2.75, 3.05) is 13.2 Å². The highest BCUT2D eigenvalue weighted by Gasteiger charge is 2.03. The molecule has 1 aromatic rings. The number of nitrogens with zero attached hydrogens (tertiary/aromatic N) is 1. The third-order valence-electron chi connectivity index (χ3n) is 3.24. The summed E-state index contributed by atoms with van der Waals surface area (Å²) < 4.78 is 5.87. The van der Waals surface area contributed by atoms with Crippen molar-refractivity contribution in [1.82, 2.24) is 10.3 Å². The SMILES string of the molecule is CCCCCCCOc1cnccc1CNCC(C)C. The average Bonchev–Trinajstić information content (AvgIpc) is 2.44. The molecule has 0 radical (unpaired) electrons. The van der Waals surface area contributed by atoms with Crippen LogP contribution in [0.1, 0.15) is 58.4 Å². The summed E-state index contributed by atoms with van der Waals surface area (Å²) in [6.07, 6.45) is 9.99. The van der Waals surface area contributed by atoms with Gasteiger partial charge < -0.3 is 10.1 Å². The highest BCUT2D eigenvalue weighted by Crippen LogP contribution is 2.17. The molecule has 0 saturated heterocycles. The van der Waals surface area contributed by atoms with Gasteiger partial charge in [-0.2, -0.15) is 0 Å². The number of hydrogen-bond donors (Lipinski definition) is 1. The molecule has 0 spiro atoms. The summed E-state index contributed by atoms with van der Waals surface area (Å²) >= 11 is 0. The molecule has 0 unspecified atom stereocenters. The number of pyridine rings is 1. The van der Waals surface area contributed by atoms with Crippen LogP contribution in [0.4, 0.5) is 0 Å². The van der Waals surface area contributed by atoms with Crippen LogP contribution in [0.25, 0.3) is 0 Å². The normalized spacial score (nSPS) is 11.0. The molecule has 0 atom stereocenters. The minimum Gasteiger partial charge on any atom is -0.492 e. The molecule has 1 N–H and O–H groups in total. The van der Waals surface area contributed by atoms with Gasteiger partial charge in [0.2, 0.25) is 0 Å². The van der Waals surface area contributed by atoms with E-state index in [1.54, 1.807) is 0 Å². The maximum atomic E-state index is 5.87. The van der Waals surface area contributed by atoms with E-state index in [9.17, 15) is 0 Å². The van der Waals surface area contributed by atoms with Crippen molar-refractivity contribution < 1.29 is 4.74 Å². The predicted octanol–water partition coefficient (Wildman–Crippen LogP) is 4.18. The minimum atomic E-state index is 0.666. The maximum absolute atomic E-state index is 5.87. The maximum Gasteiger partial charge on any atom is 0.142 e. The highest BCUT2D eigenvalue weighted by atomic mass is 16.5. The Labute approximate surface area is 124 Å². The molecule has 3 nitrogen and oxygen atoms in total. The molecule has 1 heterocycles. The van der Waals surface area contributed by atoms with Crippen LogP contribution in [0, 0.1) is 5.92 Å². The smallest absolute Gasteiger partial charge is 0.142 e. The van der Waals surface area contributed by atoms with E-state index < -0.39 is 0 Å². The summed E-state index contributed by atoms with van der Waals surface area (Å²) in [6.45, 7) is 9.35. The Hall–Kier alpha value is -1.09. The number of rotatable bonds is 11. The summed E-state index contributed by atoms with van der Waals surface area (Å²) in [7, 11) is 0. The van der Waals surface area contributed by atoms with Gasteiger partial charge in [0.1, 0.15) is 5.75 Å². The van der Waals surface area contributed by atoms with Gasteiger partial charge in [-0.25, -0.2) is 0 Å². The second-order valence-corrected chi connectivity index (χ2v) is 5.77. The first-order chi connectivity index (χ1) is 9.74. The van der Waals surface area contributed by atoms with Crippen molar-refractivity contribution >= 4 is 0 Å². The molecule has 0 bridgehead atoms. The molecule has 0 fully saturated rings. The van der Waals surface area contributed by atoms with E-state index >= 15 is 0 Å². The van der Waals surface area contributed by atoms with Crippen molar-refractivity contribution in [3.05, 3.63) is 24.0 Å². The van der Waals surface area contributed by atoms with Crippen LogP contribution in [-0.4, -0.2) is 18.1 Å². The Morgan fingerprint density at radius 1 is 1.20 bits per heavy atom. The lowest BCUT2D eigenvalue weighted by atomic mass is 10.2. The minimum absolute atomic E-state index is 0.666. The van der Waals surface area contributed by atoms with Gasteiger partial charge in [0.05, 0.1) is 12.8 Å². The Bertz CT molecular complexity index is 353. The number of hydrogen-bond acceptors (Lipinski definition) is 3. The first kappa shape index (κ1) is 17.0. The van der Waals surface area contributed by atoms with E-state index in [-0.39, 0.29) is 0 Å². The van der Waals surface area contributed by atoms with Crippen molar-refractivity contribution in [3.63, 3.8) is 0 Å². The van der Waals surface area contributed by atoms with Crippen LogP contribution in [0.3, 0.4) is 0 Å². The van der Waals surface area contributed by atoms with Crippen molar-refractivity contribution in [2.45, 2.75) is 59.4 Å². The van der Waals surface area contributed by atoms with Gasteiger partial charge >= 0.3 is 0 Å². The number of ether oxygens (including phenoxy) is 1. The highest BCUT2D eigenvalue weighted by molar-refractivity contribution is 5.29. The van der Waals surface area contributed by atoms with Crippen LogP contribution in [0.5, 0.6) is 5.75 Å². The van der Waals surface area contributed by atoms with Crippen molar-refractivity contribution in [3.8, 4) is 5.75 Å². The van der Waals surface area contributed by atoms with Crippen molar-refractivity contribution in [1.29, 1.82) is 0 Å². The van der Waals surface area contributed by atoms with Crippen LogP contribution in [-0.2, 0) is 6.54 Å². The van der Waals surface area contributed by atoms with Crippen LogP contribution in [0.2, 0.25) is 0 Å². The quantitative estimate of drug-likeness (QED) is 0.617. The van der Waals surface area contributed by atoms with E-state index in [0.29, 0.717) is 5.92 Å². The second kappa shape index (κ2) is 10.7. The zero-order valence-corrected chi connectivity index (χ0v) is 13.3. The first-order valence-electron chi connectivity index (χ1n) is 8.00. The lowest BCUT2D eigenvalue weighted by molar-refractivity contribution is 0.299. The summed E-state index contributed by atoms with van der Waals surface area (Å²) in [5, 5.41) is 3.45. The molecule has 3 heteroatoms. The standard InChI is InChI=1S/C17H30N2O/c1-4-5-6-7-8-11-20-17-14-18-10-9-16(17)13-19-12-15(2)3/h9-10,14-15,19H,4-8,11-13H2,1-3H3. The topological polar surface area (TPSA) is 34.1 Å². The van der Waals surface area contributed by atoms with Gasteiger partial charge in [0.25, 0.3) is 0 Å². The van der Waals surface area contributed by atoms with Crippen LogP contribution >= 0.6 is 0 Å². The summed E-state index contributed by atoms with van der Waals surface area (Å²) in [4.78, 5) is 4.16. The molecule has 20 heavy (non-hydrogen) atoms. The zero-order valence-electron chi connectivity index (χ0n) is 13.3. The molecule has 0 aromatic carbocycles. The molecule has 0 aliphatic heterocycles. The first-order valence-corrected chi connectivity index (χ1v) is 8.00. The van der Waals surface area contributed by atoms with E-state index in [0.717, 1.165) is 31.9 Å². The molecular formula is C17H30N2O. The lowest BCUT2D eigenvalue weighted by Crippen LogP contribution is -2.19. The number of aromatic nitrogens is 1. The summed E-state index contributed by atoms with van der Waals surface area (Å²) in [5.41, 5.74) is 1.20. The summed E-state index contributed by atoms with van der Waals surface area (Å²) in [6, 6.07) is 2.04. The van der Waals surface area contributed by atoms with E-state index in [4.69, 9.17) is 4.74 Å². The average molecular weight is 278 g/mol. The van der Waals surface area contributed by atoms with E-state index in [1.165, 1.54) is 31.2 Å². The predicted molar refractivity (Wildman–Crippen MR) is 85.0 cm³/mol. The fraction of sp³-hybridized carbons (Fsp3) is 0.706. The Balaban J connectivity index is 2.29.